The van der Waals surface area contributed by atoms with Crippen molar-refractivity contribution in [3.05, 3.63) is 36.6 Å². The second-order valence-electron chi connectivity index (χ2n) is 7.79. The van der Waals surface area contributed by atoms with Crippen LogP contribution in [-0.4, -0.2) is 53.3 Å². The largest absolute Gasteiger partial charge is 0.497 e. The van der Waals surface area contributed by atoms with E-state index >= 15 is 0 Å². The van der Waals surface area contributed by atoms with Crippen LogP contribution in [0.1, 0.15) is 34.6 Å². The lowest BCUT2D eigenvalue weighted by Crippen LogP contribution is -2.53. The molecule has 0 aromatic heterocycles. The Morgan fingerprint density at radius 1 is 1.30 bits per heavy atom. The molecule has 0 radical (unpaired) electrons. The Hall–Kier alpha value is -2.25. The Balaban J connectivity index is 2.04. The van der Waals surface area contributed by atoms with E-state index in [9.17, 15) is 9.90 Å². The lowest BCUT2D eigenvalue weighted by molar-refractivity contribution is -0.0661. The number of ether oxygens (including phenoxy) is 4. The average Bonchev–Trinajstić information content (AvgIpc) is 2.89. The first-order chi connectivity index (χ1) is 12.5. The van der Waals surface area contributed by atoms with Crippen LogP contribution < -0.4 is 9.47 Å². The van der Waals surface area contributed by atoms with Crippen molar-refractivity contribution >= 4 is 6.09 Å². The van der Waals surface area contributed by atoms with Gasteiger partial charge in [0.15, 0.2) is 0 Å². The van der Waals surface area contributed by atoms with Crippen LogP contribution in [0.2, 0.25) is 0 Å². The van der Waals surface area contributed by atoms with Crippen LogP contribution in [-0.2, 0) is 9.47 Å². The molecule has 150 valence electrons. The summed E-state index contributed by atoms with van der Waals surface area (Å²) in [5.74, 6) is 1.33. The minimum absolute atomic E-state index is 0.195. The maximum absolute atomic E-state index is 12.6. The maximum Gasteiger partial charge on any atom is 0.413 e. The van der Waals surface area contributed by atoms with E-state index in [1.54, 1.807) is 66.0 Å². The molecule has 7 nitrogen and oxygen atoms in total. The van der Waals surface area contributed by atoms with Gasteiger partial charge >= 0.3 is 6.09 Å². The van der Waals surface area contributed by atoms with Gasteiger partial charge in [-0.2, -0.15) is 0 Å². The number of rotatable bonds is 5. The molecule has 1 N–H and O–H groups in total. The van der Waals surface area contributed by atoms with Crippen LogP contribution in [0.5, 0.6) is 11.5 Å². The fourth-order valence-corrected chi connectivity index (χ4v) is 2.73. The van der Waals surface area contributed by atoms with Crippen molar-refractivity contribution in [2.24, 2.45) is 0 Å². The maximum atomic E-state index is 12.6. The summed E-state index contributed by atoms with van der Waals surface area (Å²) in [4.78, 5) is 14.0. The molecular formula is C20H29NO6. The highest BCUT2D eigenvalue weighted by Crippen LogP contribution is 2.31. The smallest absolute Gasteiger partial charge is 0.413 e. The van der Waals surface area contributed by atoms with Crippen LogP contribution in [0, 0.1) is 0 Å². The molecule has 0 aliphatic carbocycles. The van der Waals surface area contributed by atoms with Crippen LogP contribution in [0.25, 0.3) is 0 Å². The van der Waals surface area contributed by atoms with Crippen molar-refractivity contribution < 1.29 is 28.8 Å². The Kier molecular flexibility index (Phi) is 6.38. The van der Waals surface area contributed by atoms with E-state index in [1.807, 2.05) is 0 Å². The lowest BCUT2D eigenvalue weighted by atomic mass is 10.1. The molecule has 7 heteroatoms. The van der Waals surface area contributed by atoms with Gasteiger partial charge in [0.2, 0.25) is 0 Å². The first-order valence-corrected chi connectivity index (χ1v) is 8.85. The van der Waals surface area contributed by atoms with Crippen LogP contribution >= 0.6 is 0 Å². The van der Waals surface area contributed by atoms with Gasteiger partial charge in [0.25, 0.3) is 0 Å². The van der Waals surface area contributed by atoms with Crippen molar-refractivity contribution in [1.82, 2.24) is 4.90 Å². The van der Waals surface area contributed by atoms with E-state index in [-0.39, 0.29) is 6.61 Å². The Bertz CT molecular complexity index is 662. The normalized spacial score (nSPS) is 20.6. The van der Waals surface area contributed by atoms with E-state index in [0.717, 1.165) is 5.75 Å². The van der Waals surface area contributed by atoms with Crippen LogP contribution in [0.4, 0.5) is 4.79 Å². The average molecular weight is 379 g/mol. The molecule has 27 heavy (non-hydrogen) atoms. The number of methoxy groups -OCH3 is 1. The Morgan fingerprint density at radius 2 is 1.89 bits per heavy atom. The second kappa shape index (κ2) is 8.19. The summed E-state index contributed by atoms with van der Waals surface area (Å²) in [5, 5.41) is 10.5. The summed E-state index contributed by atoms with van der Waals surface area (Å²) in [6.07, 6.45) is 1.37. The summed E-state index contributed by atoms with van der Waals surface area (Å²) in [6.45, 7) is 9.11. The molecule has 1 aromatic carbocycles. The second-order valence-corrected chi connectivity index (χ2v) is 7.79. The zero-order valence-corrected chi connectivity index (χ0v) is 16.8. The number of hydrogen-bond acceptors (Lipinski definition) is 6. The van der Waals surface area contributed by atoms with Gasteiger partial charge in [0, 0.05) is 0 Å². The minimum atomic E-state index is -0.974. The van der Waals surface area contributed by atoms with Crippen LogP contribution in [0.3, 0.4) is 0 Å². The monoisotopic (exact) mass is 379 g/mol. The number of benzene rings is 1. The van der Waals surface area contributed by atoms with Gasteiger partial charge in [-0.15, -0.1) is 0 Å². The quantitative estimate of drug-likeness (QED) is 0.791. The SMILES string of the molecule is COc1ccc(O/C=C/[C@@H](O)[C@@H]2COC(C)(C)N2C(=O)OC(C)(C)C)cc1. The highest BCUT2D eigenvalue weighted by atomic mass is 16.6. The molecule has 1 fully saturated rings. The molecule has 1 aromatic rings. The number of carbonyl (C=O) groups excluding carboxylic acids is 1. The van der Waals surface area contributed by atoms with Gasteiger partial charge in [-0.05, 0) is 65.0 Å². The van der Waals surface area contributed by atoms with E-state index < -0.39 is 29.6 Å². The molecule has 1 aliphatic heterocycles. The van der Waals surface area contributed by atoms with Crippen molar-refractivity contribution in [3.8, 4) is 11.5 Å². The summed E-state index contributed by atoms with van der Waals surface area (Å²) in [5.41, 5.74) is -1.52. The molecule has 0 unspecified atom stereocenters. The predicted octanol–water partition coefficient (Wildman–Crippen LogP) is 3.32. The minimum Gasteiger partial charge on any atom is -0.497 e. The third-order valence-corrected chi connectivity index (χ3v) is 4.04. The van der Waals surface area contributed by atoms with E-state index in [4.69, 9.17) is 18.9 Å². The lowest BCUT2D eigenvalue weighted by Gasteiger charge is -2.35. The zero-order chi connectivity index (χ0) is 20.2. The van der Waals surface area contributed by atoms with E-state index in [0.29, 0.717) is 5.75 Å². The van der Waals surface area contributed by atoms with Gasteiger partial charge in [0.1, 0.15) is 22.8 Å². The highest BCUT2D eigenvalue weighted by molar-refractivity contribution is 5.70. The molecule has 1 saturated heterocycles. The van der Waals surface area contributed by atoms with Crippen molar-refractivity contribution in [2.45, 2.75) is 58.1 Å². The van der Waals surface area contributed by atoms with Gasteiger partial charge in [-0.1, -0.05) is 0 Å². The number of aliphatic hydroxyl groups excluding tert-OH is 1. The molecule has 0 saturated carbocycles. The molecule has 1 heterocycles. The first kappa shape index (κ1) is 21.1. The molecule has 2 rings (SSSR count). The predicted molar refractivity (Wildman–Crippen MR) is 101 cm³/mol. The summed E-state index contributed by atoms with van der Waals surface area (Å²) >= 11 is 0. The third-order valence-electron chi connectivity index (χ3n) is 4.04. The molecule has 2 atom stereocenters. The number of nitrogens with zero attached hydrogens (tertiary/aromatic N) is 1. The topological polar surface area (TPSA) is 77.5 Å². The third kappa shape index (κ3) is 5.61. The fourth-order valence-electron chi connectivity index (χ4n) is 2.73. The summed E-state index contributed by atoms with van der Waals surface area (Å²) < 4.78 is 21.7. The van der Waals surface area contributed by atoms with Gasteiger partial charge in [0.05, 0.1) is 32.1 Å². The van der Waals surface area contributed by atoms with E-state index in [1.165, 1.54) is 17.2 Å². The zero-order valence-electron chi connectivity index (χ0n) is 16.8. The first-order valence-electron chi connectivity index (χ1n) is 8.85. The fraction of sp³-hybridized carbons (Fsp3) is 0.550. The summed E-state index contributed by atoms with van der Waals surface area (Å²) in [7, 11) is 1.59. The number of aliphatic hydroxyl groups is 1. The van der Waals surface area contributed by atoms with Crippen LogP contribution in [0.15, 0.2) is 36.6 Å². The molecule has 0 spiro atoms. The molecule has 1 amide bonds. The van der Waals surface area contributed by atoms with Crippen molar-refractivity contribution in [1.29, 1.82) is 0 Å². The van der Waals surface area contributed by atoms with E-state index in [2.05, 4.69) is 0 Å². The number of carbonyl (C=O) groups is 1. The Morgan fingerprint density at radius 3 is 2.44 bits per heavy atom. The molecule has 1 aliphatic rings. The number of amides is 1. The standard InChI is InChI=1S/C20H29NO6/c1-19(2,3)27-18(23)21-16(13-26-20(21,4)5)17(22)11-12-25-15-9-7-14(24-6)8-10-15/h7-12,16-17,22H,13H2,1-6H3/b12-11+/t16-,17+/m0/s1. The van der Waals surface area contributed by atoms with Crippen molar-refractivity contribution in [3.63, 3.8) is 0 Å². The Labute approximate surface area is 160 Å². The highest BCUT2D eigenvalue weighted by Gasteiger charge is 2.47. The molecular weight excluding hydrogens is 350 g/mol. The molecule has 0 bridgehead atoms. The van der Waals surface area contributed by atoms with Gasteiger partial charge in [-0.25, -0.2) is 4.79 Å². The number of hydrogen-bond donors (Lipinski definition) is 1. The van der Waals surface area contributed by atoms with Crippen molar-refractivity contribution in [2.75, 3.05) is 13.7 Å². The van der Waals surface area contributed by atoms with Gasteiger partial charge in [-0.3, -0.25) is 4.90 Å². The van der Waals surface area contributed by atoms with Gasteiger partial charge < -0.3 is 24.1 Å². The summed E-state index contributed by atoms with van der Waals surface area (Å²) in [6, 6.07) is 6.48.